The Labute approximate surface area is 46.1 Å². The van der Waals surface area contributed by atoms with Crippen LogP contribution in [0.2, 0.25) is 0 Å². The minimum Gasteiger partial charge on any atom is -0.545 e. The Bertz CT molecular complexity index is 8.00. The molecule has 0 saturated heterocycles. The molecule has 0 N–H and O–H groups in total. The van der Waals surface area contributed by atoms with Gasteiger partial charge in [0.15, 0.2) is 0 Å². The van der Waals surface area contributed by atoms with Crippen molar-refractivity contribution in [3.05, 3.63) is 0 Å². The molecule has 3 heteroatoms. The molecule has 0 unspecified atom stereocenters. The van der Waals surface area contributed by atoms with Crippen LogP contribution in [0.3, 0.4) is 0 Å². The summed E-state index contributed by atoms with van der Waals surface area (Å²) in [5, 5.41) is 0. The molecule has 0 spiro atoms. The van der Waals surface area contributed by atoms with E-state index in [2.05, 4.69) is 6.79 Å². The van der Waals surface area contributed by atoms with Crippen LogP contribution in [0, 0.1) is 0 Å². The molecule has 4 heavy (non-hydrogen) atoms. The van der Waals surface area contributed by atoms with Gasteiger partial charge in [-0.3, -0.25) is 6.79 Å². The number of carbonyl (C=O) groups excluding carboxylic acids is 1. The van der Waals surface area contributed by atoms with Crippen LogP contribution in [0.4, 0.5) is 0 Å². The van der Waals surface area contributed by atoms with Crippen LogP contribution in [0.15, 0.2) is 0 Å². The van der Waals surface area contributed by atoms with Crippen molar-refractivity contribution in [3.8, 4) is 0 Å². The molecule has 0 fully saturated rings. The summed E-state index contributed by atoms with van der Waals surface area (Å²) in [4.78, 5) is 7.75. The van der Waals surface area contributed by atoms with Gasteiger partial charge in [0.25, 0.3) is 0 Å². The zero-order valence-corrected chi connectivity index (χ0v) is 3.69. The molecule has 0 heterocycles. The molecule has 31 valence electrons. The zero-order chi connectivity index (χ0) is 2.00. The summed E-state index contributed by atoms with van der Waals surface area (Å²) in [6.07, 6.45) is 0. The maximum absolute atomic E-state index is 7.75. The molecule has 0 aliphatic heterocycles. The van der Waals surface area contributed by atoms with Crippen molar-refractivity contribution >= 4 is 6.79 Å². The van der Waals surface area contributed by atoms with Crippen LogP contribution in [0.5, 0.6) is 0 Å². The normalized spacial score (nSPS) is 1.00. The van der Waals surface area contributed by atoms with Crippen molar-refractivity contribution in [2.45, 2.75) is 0 Å². The van der Waals surface area contributed by atoms with Gasteiger partial charge in [0.05, 0.1) is 0 Å². The van der Waals surface area contributed by atoms with Crippen LogP contribution < -0.4 is 0 Å². The van der Waals surface area contributed by atoms with Crippen LogP contribution in [0.1, 0.15) is 0 Å². The Morgan fingerprint density at radius 1 is 1.25 bits per heavy atom. The third kappa shape index (κ3) is 15.7. The summed E-state index contributed by atoms with van der Waals surface area (Å²) < 4.78 is 0. The summed E-state index contributed by atoms with van der Waals surface area (Å²) in [5.41, 5.74) is 0. The van der Waals surface area contributed by atoms with E-state index >= 15 is 0 Å². The van der Waals surface area contributed by atoms with Gasteiger partial charge in [-0.2, -0.15) is 0 Å². The van der Waals surface area contributed by atoms with Crippen LogP contribution in [-0.4, -0.2) is 6.79 Å². The maximum atomic E-state index is 7.75. The molecular formula is CHCuFeO-. The first-order valence-corrected chi connectivity index (χ1v) is 0.236. The van der Waals surface area contributed by atoms with Gasteiger partial charge in [-0.1, -0.05) is 0 Å². The number of hydrogen-bond acceptors (Lipinski definition) is 1. The minimum atomic E-state index is 0. The molecule has 0 rings (SSSR count). The van der Waals surface area contributed by atoms with Crippen LogP contribution in [-0.2, 0) is 38.9 Å². The fraction of sp³-hybridized carbons (Fsp3) is 0. The topological polar surface area (TPSA) is 17.1 Å². The van der Waals surface area contributed by atoms with E-state index < -0.39 is 0 Å². The number of hydrogen-bond donors (Lipinski definition) is 0. The van der Waals surface area contributed by atoms with E-state index in [1.807, 2.05) is 0 Å². The van der Waals surface area contributed by atoms with Crippen LogP contribution >= 0.6 is 0 Å². The van der Waals surface area contributed by atoms with Gasteiger partial charge in [-0.05, 0) is 0 Å². The average Bonchev–Trinajstić information content (AvgIpc) is 1.00. The van der Waals surface area contributed by atoms with Gasteiger partial charge in [0.2, 0.25) is 0 Å². The molecule has 1 radical (unpaired) electrons. The van der Waals surface area contributed by atoms with Crippen molar-refractivity contribution < 1.29 is 38.9 Å². The molecule has 0 aromatic rings. The molecule has 1 nitrogen and oxygen atoms in total. The van der Waals surface area contributed by atoms with Gasteiger partial charge >= 0.3 is 0 Å². The molecule has 0 amide bonds. The number of rotatable bonds is 0. The third-order valence-electron chi connectivity index (χ3n) is 0. The Kier molecular flexibility index (Phi) is 300. The quantitative estimate of drug-likeness (QED) is 0.262. The minimum absolute atomic E-state index is 0. The van der Waals surface area contributed by atoms with Crippen molar-refractivity contribution in [2.24, 2.45) is 0 Å². The summed E-state index contributed by atoms with van der Waals surface area (Å²) in [6.45, 7) is 3.25. The van der Waals surface area contributed by atoms with E-state index in [1.165, 1.54) is 0 Å². The smallest absolute Gasteiger partial charge is 0 e. The second kappa shape index (κ2) is 54.2. The molecule has 0 bridgehead atoms. The fourth-order valence-corrected chi connectivity index (χ4v) is 0. The van der Waals surface area contributed by atoms with E-state index in [0.29, 0.717) is 0 Å². The Morgan fingerprint density at radius 2 is 1.25 bits per heavy atom. The van der Waals surface area contributed by atoms with E-state index in [1.54, 1.807) is 0 Å². The Balaban J connectivity index is -0.00000000500. The average molecular weight is 148 g/mol. The second-order valence-electron chi connectivity index (χ2n) is 0. The SMILES string of the molecule is [CH-]=O.[Cu].[Fe]. The predicted octanol–water partition coefficient (Wildman–Crippen LogP) is -0.279. The van der Waals surface area contributed by atoms with E-state index in [4.69, 9.17) is 4.79 Å². The van der Waals surface area contributed by atoms with Crippen molar-refractivity contribution in [1.82, 2.24) is 0 Å². The van der Waals surface area contributed by atoms with E-state index in [-0.39, 0.29) is 34.1 Å². The van der Waals surface area contributed by atoms with E-state index in [9.17, 15) is 0 Å². The molecule has 0 aliphatic carbocycles. The molecule has 0 saturated carbocycles. The standard InChI is InChI=1S/CHO.Cu.Fe/c1-2;;/h1H;;/q-1;;. The summed E-state index contributed by atoms with van der Waals surface area (Å²) in [6, 6.07) is 0. The van der Waals surface area contributed by atoms with Crippen molar-refractivity contribution in [1.29, 1.82) is 0 Å². The van der Waals surface area contributed by atoms with Gasteiger partial charge in [-0.25, -0.2) is 0 Å². The largest absolute Gasteiger partial charge is 0.545 e. The van der Waals surface area contributed by atoms with Gasteiger partial charge in [0, 0.05) is 34.1 Å². The molecular weight excluding hydrogens is 147 g/mol. The summed E-state index contributed by atoms with van der Waals surface area (Å²) >= 11 is 0. The maximum Gasteiger partial charge on any atom is 0 e. The van der Waals surface area contributed by atoms with Crippen molar-refractivity contribution in [2.75, 3.05) is 0 Å². The molecule has 0 aromatic carbocycles. The Morgan fingerprint density at radius 3 is 1.25 bits per heavy atom. The van der Waals surface area contributed by atoms with Crippen molar-refractivity contribution in [3.63, 3.8) is 0 Å². The Hall–Kier alpha value is 0.709. The van der Waals surface area contributed by atoms with Crippen LogP contribution in [0.25, 0.3) is 0 Å². The zero-order valence-electron chi connectivity index (χ0n) is 1.64. The first-order chi connectivity index (χ1) is 1.00. The second-order valence-corrected chi connectivity index (χ2v) is 0. The third-order valence-corrected chi connectivity index (χ3v) is 0. The molecule has 0 aliphatic rings. The fourth-order valence-electron chi connectivity index (χ4n) is 0. The molecule has 0 atom stereocenters. The summed E-state index contributed by atoms with van der Waals surface area (Å²) in [5.74, 6) is 0. The first-order valence-electron chi connectivity index (χ1n) is 0.236. The summed E-state index contributed by atoms with van der Waals surface area (Å²) in [7, 11) is 0. The van der Waals surface area contributed by atoms with Gasteiger partial charge < -0.3 is 4.79 Å². The van der Waals surface area contributed by atoms with Gasteiger partial charge in [0.1, 0.15) is 0 Å². The monoisotopic (exact) mass is 148 g/mol. The van der Waals surface area contributed by atoms with E-state index in [0.717, 1.165) is 0 Å². The predicted molar refractivity (Wildman–Crippen MR) is 6.75 cm³/mol. The molecule has 0 aromatic heterocycles. The first kappa shape index (κ1) is 22.2. The van der Waals surface area contributed by atoms with Gasteiger partial charge in [-0.15, -0.1) is 0 Å².